The number of hydrogen-bond acceptors (Lipinski definition) is 6. The van der Waals surface area contributed by atoms with Gasteiger partial charge in [-0.1, -0.05) is 0 Å². The molecule has 8 heteroatoms. The summed E-state index contributed by atoms with van der Waals surface area (Å²) in [6.07, 6.45) is -0.773. The summed E-state index contributed by atoms with van der Waals surface area (Å²) in [5.41, 5.74) is 0.433. The summed E-state index contributed by atoms with van der Waals surface area (Å²) in [5, 5.41) is 10.7. The average molecular weight is 334 g/mol. The van der Waals surface area contributed by atoms with Crippen molar-refractivity contribution in [2.24, 2.45) is 0 Å². The first kappa shape index (κ1) is 17.7. The molecule has 0 saturated heterocycles. The summed E-state index contributed by atoms with van der Waals surface area (Å²) >= 11 is 0. The lowest BCUT2D eigenvalue weighted by atomic mass is 10.1. The zero-order valence-electron chi connectivity index (χ0n) is 14.5. The zero-order chi connectivity index (χ0) is 18.1. The van der Waals surface area contributed by atoms with E-state index in [9.17, 15) is 9.59 Å². The molecule has 1 aromatic rings. The number of carbonyl (C=O) groups is 2. The minimum absolute atomic E-state index is 0.0163. The number of nitrogens with zero attached hydrogens (tertiary/aromatic N) is 2. The van der Waals surface area contributed by atoms with Gasteiger partial charge in [-0.2, -0.15) is 0 Å². The van der Waals surface area contributed by atoms with E-state index in [-0.39, 0.29) is 17.3 Å². The Balaban J connectivity index is 2.35. The van der Waals surface area contributed by atoms with Crippen molar-refractivity contribution in [2.45, 2.75) is 39.8 Å². The topological polar surface area (TPSA) is 105 Å². The molecule has 2 N–H and O–H groups in total. The van der Waals surface area contributed by atoms with Crippen molar-refractivity contribution < 1.29 is 19.1 Å². The Hall–Kier alpha value is -2.64. The number of rotatable bonds is 3. The Morgan fingerprint density at radius 2 is 2.08 bits per heavy atom. The Morgan fingerprint density at radius 1 is 1.42 bits per heavy atom. The third-order valence-corrected chi connectivity index (χ3v) is 3.23. The number of ether oxygens (including phenoxy) is 2. The van der Waals surface area contributed by atoms with Crippen molar-refractivity contribution in [2.75, 3.05) is 13.7 Å². The zero-order valence-corrected chi connectivity index (χ0v) is 14.5. The molecule has 1 aliphatic heterocycles. The molecular formula is C16H22N4O4. The van der Waals surface area contributed by atoms with Gasteiger partial charge in [-0.15, -0.1) is 0 Å². The smallest absolute Gasteiger partial charge is 0.417 e. The van der Waals surface area contributed by atoms with Crippen molar-refractivity contribution >= 4 is 17.8 Å². The molecule has 2 amide bonds. The number of aromatic nitrogens is 1. The van der Waals surface area contributed by atoms with E-state index in [1.165, 1.54) is 7.05 Å². The standard InChI is InChI=1S/C16H22N4O4/c1-6-23-10-7-9-8-18-13(17)11(9)19-12(10)14(21)20(5)15(22)24-16(2,3)4/h7H,6,8H2,1-5H3,(H2,17,18). The highest BCUT2D eigenvalue weighted by molar-refractivity contribution is 6.05. The fourth-order valence-electron chi connectivity index (χ4n) is 2.14. The molecule has 0 radical (unpaired) electrons. The molecule has 0 fully saturated rings. The molecule has 8 nitrogen and oxygen atoms in total. The summed E-state index contributed by atoms with van der Waals surface area (Å²) in [5.74, 6) is -0.217. The van der Waals surface area contributed by atoms with Gasteiger partial charge in [0.05, 0.1) is 6.61 Å². The Labute approximate surface area is 140 Å². The summed E-state index contributed by atoms with van der Waals surface area (Å²) in [7, 11) is 1.32. The van der Waals surface area contributed by atoms with Crippen molar-refractivity contribution in [3.63, 3.8) is 0 Å². The van der Waals surface area contributed by atoms with Crippen LogP contribution in [-0.2, 0) is 11.3 Å². The molecule has 1 aliphatic rings. The number of amides is 2. The molecular weight excluding hydrogens is 312 g/mol. The minimum Gasteiger partial charge on any atom is -0.491 e. The molecule has 0 bridgehead atoms. The Bertz CT molecular complexity index is 694. The average Bonchev–Trinajstić information content (AvgIpc) is 2.84. The maximum atomic E-state index is 12.7. The van der Waals surface area contributed by atoms with Crippen LogP contribution in [-0.4, -0.2) is 47.0 Å². The monoisotopic (exact) mass is 334 g/mol. The van der Waals surface area contributed by atoms with Crippen LogP contribution in [0.15, 0.2) is 6.07 Å². The van der Waals surface area contributed by atoms with Crippen LogP contribution in [0.25, 0.3) is 0 Å². The van der Waals surface area contributed by atoms with Gasteiger partial charge in [0.1, 0.15) is 17.1 Å². The van der Waals surface area contributed by atoms with Crippen LogP contribution >= 0.6 is 0 Å². The van der Waals surface area contributed by atoms with Gasteiger partial charge in [-0.3, -0.25) is 10.2 Å². The van der Waals surface area contributed by atoms with Crippen LogP contribution in [0.3, 0.4) is 0 Å². The molecule has 0 atom stereocenters. The van der Waals surface area contributed by atoms with Crippen LogP contribution in [0.4, 0.5) is 4.79 Å². The molecule has 0 spiro atoms. The Morgan fingerprint density at radius 3 is 2.67 bits per heavy atom. The highest BCUT2D eigenvalue weighted by Gasteiger charge is 2.30. The molecule has 2 rings (SSSR count). The van der Waals surface area contributed by atoms with Gasteiger partial charge in [0.25, 0.3) is 5.91 Å². The summed E-state index contributed by atoms with van der Waals surface area (Å²) < 4.78 is 10.7. The first-order chi connectivity index (χ1) is 11.1. The fraction of sp³-hybridized carbons (Fsp3) is 0.500. The third-order valence-electron chi connectivity index (χ3n) is 3.23. The van der Waals surface area contributed by atoms with Gasteiger partial charge in [-0.05, 0) is 33.8 Å². The van der Waals surface area contributed by atoms with E-state index in [1.807, 2.05) is 0 Å². The summed E-state index contributed by atoms with van der Waals surface area (Å²) in [6, 6.07) is 1.68. The molecule has 0 saturated carbocycles. The third kappa shape index (κ3) is 3.64. The van der Waals surface area contributed by atoms with Crippen LogP contribution in [0.2, 0.25) is 0 Å². The van der Waals surface area contributed by atoms with E-state index in [0.717, 1.165) is 10.5 Å². The second-order valence-electron chi connectivity index (χ2n) is 6.35. The molecule has 0 aliphatic carbocycles. The highest BCUT2D eigenvalue weighted by Crippen LogP contribution is 2.25. The lowest BCUT2D eigenvalue weighted by Crippen LogP contribution is -2.38. The van der Waals surface area contributed by atoms with Gasteiger partial charge in [-0.25, -0.2) is 14.7 Å². The molecule has 2 heterocycles. The maximum Gasteiger partial charge on any atom is 0.417 e. The SMILES string of the molecule is CCOc1cc2c(nc1C(=O)N(C)C(=O)OC(C)(C)C)C(=N)NC2. The van der Waals surface area contributed by atoms with Crippen LogP contribution < -0.4 is 10.1 Å². The number of hydrogen-bond donors (Lipinski definition) is 2. The number of fused-ring (bicyclic) bond motifs is 1. The molecule has 0 unspecified atom stereocenters. The second kappa shape index (κ2) is 6.46. The van der Waals surface area contributed by atoms with Gasteiger partial charge in [0.2, 0.25) is 0 Å². The summed E-state index contributed by atoms with van der Waals surface area (Å²) in [4.78, 5) is 29.9. The molecule has 0 aromatic carbocycles. The van der Waals surface area contributed by atoms with E-state index < -0.39 is 17.6 Å². The van der Waals surface area contributed by atoms with Crippen molar-refractivity contribution in [1.29, 1.82) is 5.41 Å². The lowest BCUT2D eigenvalue weighted by molar-refractivity contribution is 0.0282. The van der Waals surface area contributed by atoms with E-state index in [0.29, 0.717) is 18.8 Å². The number of imide groups is 1. The quantitative estimate of drug-likeness (QED) is 0.875. The number of carbonyl (C=O) groups excluding carboxylic acids is 2. The predicted octanol–water partition coefficient (Wildman–Crippen LogP) is 1.92. The van der Waals surface area contributed by atoms with Crippen LogP contribution in [0, 0.1) is 5.41 Å². The largest absolute Gasteiger partial charge is 0.491 e. The summed E-state index contributed by atoms with van der Waals surface area (Å²) in [6.45, 7) is 7.75. The maximum absolute atomic E-state index is 12.7. The Kier molecular flexibility index (Phi) is 4.77. The van der Waals surface area contributed by atoms with Gasteiger partial charge in [0, 0.05) is 19.2 Å². The molecule has 1 aromatic heterocycles. The van der Waals surface area contributed by atoms with E-state index in [4.69, 9.17) is 14.9 Å². The minimum atomic E-state index is -0.773. The van der Waals surface area contributed by atoms with E-state index >= 15 is 0 Å². The van der Waals surface area contributed by atoms with Gasteiger partial charge >= 0.3 is 6.09 Å². The van der Waals surface area contributed by atoms with Crippen molar-refractivity contribution in [3.8, 4) is 5.75 Å². The van der Waals surface area contributed by atoms with Crippen LogP contribution in [0.1, 0.15) is 49.4 Å². The number of nitrogens with one attached hydrogen (secondary N) is 2. The second-order valence-corrected chi connectivity index (χ2v) is 6.35. The number of amidine groups is 1. The lowest BCUT2D eigenvalue weighted by Gasteiger charge is -2.24. The van der Waals surface area contributed by atoms with Crippen molar-refractivity contribution in [3.05, 3.63) is 23.0 Å². The fourth-order valence-corrected chi connectivity index (χ4v) is 2.14. The van der Waals surface area contributed by atoms with E-state index in [1.54, 1.807) is 33.8 Å². The van der Waals surface area contributed by atoms with E-state index in [2.05, 4.69) is 10.3 Å². The molecule has 130 valence electrons. The predicted molar refractivity (Wildman–Crippen MR) is 87.4 cm³/mol. The van der Waals surface area contributed by atoms with Crippen molar-refractivity contribution in [1.82, 2.24) is 15.2 Å². The van der Waals surface area contributed by atoms with Gasteiger partial charge < -0.3 is 14.8 Å². The normalized spacial score (nSPS) is 13.1. The highest BCUT2D eigenvalue weighted by atomic mass is 16.6. The van der Waals surface area contributed by atoms with Crippen LogP contribution in [0.5, 0.6) is 5.75 Å². The first-order valence-electron chi connectivity index (χ1n) is 7.64. The van der Waals surface area contributed by atoms with Gasteiger partial charge in [0.15, 0.2) is 11.4 Å². The molecule has 24 heavy (non-hydrogen) atoms. The number of pyridine rings is 1. The first-order valence-corrected chi connectivity index (χ1v) is 7.64.